The first kappa shape index (κ1) is 26.3. The van der Waals surface area contributed by atoms with Gasteiger partial charge in [-0.05, 0) is 16.7 Å². The molecule has 36 heavy (non-hydrogen) atoms. The molecular weight excluding hydrogens is 464 g/mol. The fourth-order valence-corrected chi connectivity index (χ4v) is 4.63. The van der Waals surface area contributed by atoms with Crippen LogP contribution in [0.25, 0.3) is 0 Å². The Kier molecular flexibility index (Phi) is 9.52. The summed E-state index contributed by atoms with van der Waals surface area (Å²) in [5.41, 5.74) is 6.83. The van der Waals surface area contributed by atoms with Crippen molar-refractivity contribution < 1.29 is 18.9 Å². The van der Waals surface area contributed by atoms with Crippen LogP contribution >= 0.6 is 0 Å². The van der Waals surface area contributed by atoms with Crippen molar-refractivity contribution in [1.29, 1.82) is 0 Å². The predicted molar refractivity (Wildman–Crippen MR) is 146 cm³/mol. The molecule has 0 spiro atoms. The van der Waals surface area contributed by atoms with Crippen molar-refractivity contribution >= 4 is 8.07 Å². The Morgan fingerprint density at radius 3 is 1.64 bits per heavy atom. The summed E-state index contributed by atoms with van der Waals surface area (Å²) in [5, 5.41) is 0. The van der Waals surface area contributed by atoms with Crippen molar-refractivity contribution in [2.24, 2.45) is 0 Å². The van der Waals surface area contributed by atoms with Crippen LogP contribution in [0, 0.1) is 11.5 Å². The molecule has 0 amide bonds. The Morgan fingerprint density at radius 2 is 1.14 bits per heavy atom. The molecule has 3 aromatic carbocycles. The zero-order chi connectivity index (χ0) is 25.2. The molecule has 1 unspecified atom stereocenters. The molecule has 1 fully saturated rings. The van der Waals surface area contributed by atoms with E-state index in [2.05, 4.69) is 67.5 Å². The van der Waals surface area contributed by atoms with Gasteiger partial charge in [-0.25, -0.2) is 0 Å². The van der Waals surface area contributed by atoms with Crippen LogP contribution in [0.2, 0.25) is 19.6 Å². The minimum atomic E-state index is -1.59. The van der Waals surface area contributed by atoms with Crippen molar-refractivity contribution in [3.05, 3.63) is 108 Å². The summed E-state index contributed by atoms with van der Waals surface area (Å²) < 4.78 is 25.5. The normalized spacial score (nSPS) is 21.6. The highest BCUT2D eigenvalue weighted by molar-refractivity contribution is 6.83. The summed E-state index contributed by atoms with van der Waals surface area (Å²) >= 11 is 0. The molecule has 1 aliphatic rings. The van der Waals surface area contributed by atoms with Crippen LogP contribution in [0.4, 0.5) is 0 Å². The average Bonchev–Trinajstić information content (AvgIpc) is 3.22. The quantitative estimate of drug-likeness (QED) is 0.252. The van der Waals surface area contributed by atoms with Crippen LogP contribution in [-0.2, 0) is 38.8 Å². The summed E-state index contributed by atoms with van der Waals surface area (Å²) in [7, 11) is -1.59. The average molecular weight is 501 g/mol. The number of ether oxygens (including phenoxy) is 4. The lowest BCUT2D eigenvalue weighted by atomic mass is 10.1. The van der Waals surface area contributed by atoms with Gasteiger partial charge in [-0.3, -0.25) is 0 Å². The van der Waals surface area contributed by atoms with E-state index >= 15 is 0 Å². The van der Waals surface area contributed by atoms with Crippen LogP contribution < -0.4 is 0 Å². The first-order valence-electron chi connectivity index (χ1n) is 12.6. The molecule has 0 aromatic heterocycles. The first-order valence-corrected chi connectivity index (χ1v) is 16.1. The molecule has 0 saturated carbocycles. The van der Waals surface area contributed by atoms with Gasteiger partial charge in [0.25, 0.3) is 0 Å². The molecule has 4 rings (SSSR count). The smallest absolute Gasteiger partial charge is 0.146 e. The predicted octanol–water partition coefficient (Wildman–Crippen LogP) is 6.02. The third-order valence-corrected chi connectivity index (χ3v) is 6.76. The molecule has 1 aliphatic heterocycles. The fraction of sp³-hybridized carbons (Fsp3) is 0.355. The van der Waals surface area contributed by atoms with Crippen LogP contribution in [0.15, 0.2) is 91.0 Å². The van der Waals surface area contributed by atoms with E-state index in [-0.39, 0.29) is 24.4 Å². The van der Waals surface area contributed by atoms with Crippen LogP contribution in [-0.4, -0.2) is 39.1 Å². The van der Waals surface area contributed by atoms with Gasteiger partial charge in [0.05, 0.1) is 26.4 Å². The van der Waals surface area contributed by atoms with E-state index in [0.29, 0.717) is 26.4 Å². The van der Waals surface area contributed by atoms with E-state index in [4.69, 9.17) is 18.9 Å². The molecule has 1 heterocycles. The molecule has 1 saturated heterocycles. The van der Waals surface area contributed by atoms with Gasteiger partial charge in [0, 0.05) is 0 Å². The van der Waals surface area contributed by atoms with Crippen LogP contribution in [0.1, 0.15) is 16.7 Å². The van der Waals surface area contributed by atoms with Crippen LogP contribution in [0.3, 0.4) is 0 Å². The van der Waals surface area contributed by atoms with Gasteiger partial charge in [-0.2, -0.15) is 0 Å². The highest BCUT2D eigenvalue weighted by atomic mass is 28.3. The van der Waals surface area contributed by atoms with Crippen molar-refractivity contribution in [3.63, 3.8) is 0 Å². The second kappa shape index (κ2) is 13.0. The van der Waals surface area contributed by atoms with Crippen molar-refractivity contribution in [2.45, 2.75) is 63.9 Å². The lowest BCUT2D eigenvalue weighted by Gasteiger charge is -2.24. The van der Waals surface area contributed by atoms with Gasteiger partial charge in [0.15, 0.2) is 0 Å². The van der Waals surface area contributed by atoms with E-state index in [1.165, 1.54) is 0 Å². The zero-order valence-corrected chi connectivity index (χ0v) is 22.4. The Hall–Kier alpha value is -2.72. The van der Waals surface area contributed by atoms with Gasteiger partial charge in [-0.1, -0.05) is 117 Å². The van der Waals surface area contributed by atoms with E-state index in [1.54, 1.807) is 0 Å². The Balaban J connectivity index is 1.52. The van der Waals surface area contributed by atoms with Gasteiger partial charge in [-0.15, -0.1) is 5.54 Å². The third kappa shape index (κ3) is 8.16. The van der Waals surface area contributed by atoms with Gasteiger partial charge >= 0.3 is 0 Å². The first-order chi connectivity index (χ1) is 17.5. The van der Waals surface area contributed by atoms with E-state index < -0.39 is 8.07 Å². The molecule has 4 nitrogen and oxygen atoms in total. The molecule has 5 heteroatoms. The molecule has 4 atom stereocenters. The van der Waals surface area contributed by atoms with Crippen LogP contribution in [0.5, 0.6) is 0 Å². The minimum Gasteiger partial charge on any atom is -0.374 e. The molecule has 0 bridgehead atoms. The van der Waals surface area contributed by atoms with E-state index in [0.717, 1.165) is 16.7 Å². The Morgan fingerprint density at radius 1 is 0.667 bits per heavy atom. The van der Waals surface area contributed by atoms with E-state index in [1.807, 2.05) is 54.6 Å². The topological polar surface area (TPSA) is 36.9 Å². The van der Waals surface area contributed by atoms with E-state index in [9.17, 15) is 0 Å². The van der Waals surface area contributed by atoms with Crippen molar-refractivity contribution in [3.8, 4) is 11.5 Å². The van der Waals surface area contributed by atoms with Gasteiger partial charge in [0.1, 0.15) is 32.5 Å². The number of hydrogen-bond acceptors (Lipinski definition) is 4. The Bertz CT molecular complexity index is 1100. The monoisotopic (exact) mass is 500 g/mol. The third-order valence-electron chi connectivity index (χ3n) is 5.86. The summed E-state index contributed by atoms with van der Waals surface area (Å²) in [5.74, 6) is 3.40. The second-order valence-electron chi connectivity index (χ2n) is 10.1. The SMILES string of the molecule is C[Si](C)(C)C#CC1O[C@H](COCc2ccccc2)[C@@H](OCc2ccccc2)[C@H]1OCc1ccccc1. The lowest BCUT2D eigenvalue weighted by molar-refractivity contribution is -0.0896. The summed E-state index contributed by atoms with van der Waals surface area (Å²) in [4.78, 5) is 0. The molecule has 0 aliphatic carbocycles. The maximum Gasteiger partial charge on any atom is 0.146 e. The maximum absolute atomic E-state index is 6.48. The standard InChI is InChI=1S/C31H36O4Si/c1-36(2,3)20-19-28-30(33-22-26-15-9-5-10-16-26)31(34-23-27-17-11-6-12-18-27)29(35-28)24-32-21-25-13-7-4-8-14-25/h4-18,28-31H,21-24H2,1-3H3/t28?,29-,30+,31-/m1/s1. The fourth-order valence-electron chi connectivity index (χ4n) is 4.05. The van der Waals surface area contributed by atoms with Gasteiger partial charge in [0.2, 0.25) is 0 Å². The van der Waals surface area contributed by atoms with Crippen molar-refractivity contribution in [2.75, 3.05) is 6.61 Å². The maximum atomic E-state index is 6.48. The molecular formula is C31H36O4Si. The minimum absolute atomic E-state index is 0.279. The number of hydrogen-bond donors (Lipinski definition) is 0. The zero-order valence-electron chi connectivity index (χ0n) is 21.4. The Labute approximate surface area is 216 Å². The summed E-state index contributed by atoms with van der Waals surface area (Å²) in [6.07, 6.45) is -1.26. The van der Waals surface area contributed by atoms with Crippen molar-refractivity contribution in [1.82, 2.24) is 0 Å². The summed E-state index contributed by atoms with van der Waals surface area (Å²) in [6, 6.07) is 30.6. The lowest BCUT2D eigenvalue weighted by Crippen LogP contribution is -2.39. The largest absolute Gasteiger partial charge is 0.374 e. The molecule has 0 radical (unpaired) electrons. The molecule has 3 aromatic rings. The number of benzene rings is 3. The molecule has 188 valence electrons. The highest BCUT2D eigenvalue weighted by Gasteiger charge is 2.46. The molecule has 0 N–H and O–H groups in total. The second-order valence-corrected chi connectivity index (χ2v) is 14.9. The van der Waals surface area contributed by atoms with Gasteiger partial charge < -0.3 is 18.9 Å². The highest BCUT2D eigenvalue weighted by Crippen LogP contribution is 2.29. The summed E-state index contributed by atoms with van der Waals surface area (Å²) in [6.45, 7) is 8.58. The number of rotatable bonds is 10.